The van der Waals surface area contributed by atoms with Gasteiger partial charge in [0.05, 0.1) is 6.54 Å². The van der Waals surface area contributed by atoms with E-state index in [1.807, 2.05) is 25.2 Å². The SMILES string of the molecule is CN=C(NCc1cc2ccccc2o1)NC1CCN(C(C)C)CC1. The average molecular weight is 328 g/mol. The minimum absolute atomic E-state index is 0.488. The molecule has 24 heavy (non-hydrogen) atoms. The van der Waals surface area contributed by atoms with Crippen molar-refractivity contribution in [3.8, 4) is 0 Å². The maximum absolute atomic E-state index is 5.84. The van der Waals surface area contributed by atoms with E-state index in [9.17, 15) is 0 Å². The Kier molecular flexibility index (Phi) is 5.41. The number of aliphatic imine (C=N–C) groups is 1. The lowest BCUT2D eigenvalue weighted by atomic mass is 10.0. The van der Waals surface area contributed by atoms with Crippen LogP contribution in [0, 0.1) is 0 Å². The fourth-order valence-electron chi connectivity index (χ4n) is 3.24. The van der Waals surface area contributed by atoms with Crippen LogP contribution in [-0.2, 0) is 6.54 Å². The van der Waals surface area contributed by atoms with Crippen LogP contribution in [0.1, 0.15) is 32.4 Å². The highest BCUT2D eigenvalue weighted by Crippen LogP contribution is 2.18. The first-order chi connectivity index (χ1) is 11.7. The van der Waals surface area contributed by atoms with Crippen molar-refractivity contribution in [2.45, 2.75) is 45.3 Å². The lowest BCUT2D eigenvalue weighted by Gasteiger charge is -2.35. The van der Waals surface area contributed by atoms with Crippen molar-refractivity contribution < 1.29 is 4.42 Å². The van der Waals surface area contributed by atoms with E-state index >= 15 is 0 Å². The lowest BCUT2D eigenvalue weighted by Crippen LogP contribution is -2.49. The van der Waals surface area contributed by atoms with E-state index in [2.05, 4.69) is 46.5 Å². The molecule has 1 aromatic heterocycles. The number of para-hydroxylation sites is 1. The molecule has 1 saturated heterocycles. The van der Waals surface area contributed by atoms with Gasteiger partial charge in [-0.2, -0.15) is 0 Å². The molecule has 1 aliphatic heterocycles. The number of fused-ring (bicyclic) bond motifs is 1. The second-order valence-electron chi connectivity index (χ2n) is 6.72. The first-order valence-corrected chi connectivity index (χ1v) is 8.84. The average Bonchev–Trinajstić information content (AvgIpc) is 3.02. The van der Waals surface area contributed by atoms with Gasteiger partial charge >= 0.3 is 0 Å². The van der Waals surface area contributed by atoms with Crippen molar-refractivity contribution in [3.05, 3.63) is 36.1 Å². The van der Waals surface area contributed by atoms with Gasteiger partial charge in [-0.15, -0.1) is 0 Å². The third-order valence-corrected chi connectivity index (χ3v) is 4.73. The Balaban J connectivity index is 1.50. The van der Waals surface area contributed by atoms with Crippen molar-refractivity contribution in [1.82, 2.24) is 15.5 Å². The Morgan fingerprint density at radius 1 is 1.29 bits per heavy atom. The van der Waals surface area contributed by atoms with Crippen LogP contribution in [0.15, 0.2) is 39.7 Å². The molecule has 0 atom stereocenters. The molecule has 1 aromatic carbocycles. The molecule has 2 heterocycles. The maximum Gasteiger partial charge on any atom is 0.191 e. The van der Waals surface area contributed by atoms with Crippen LogP contribution in [0.4, 0.5) is 0 Å². The van der Waals surface area contributed by atoms with Crippen LogP contribution in [0.25, 0.3) is 11.0 Å². The number of nitrogens with one attached hydrogen (secondary N) is 2. The van der Waals surface area contributed by atoms with Gasteiger partial charge in [0.2, 0.25) is 0 Å². The van der Waals surface area contributed by atoms with Crippen LogP contribution < -0.4 is 10.6 Å². The molecule has 1 fully saturated rings. The second kappa shape index (κ2) is 7.71. The van der Waals surface area contributed by atoms with Gasteiger partial charge in [0, 0.05) is 37.6 Å². The fraction of sp³-hybridized carbons (Fsp3) is 0.526. The fourth-order valence-corrected chi connectivity index (χ4v) is 3.24. The van der Waals surface area contributed by atoms with Crippen LogP contribution >= 0.6 is 0 Å². The Morgan fingerprint density at radius 2 is 2.04 bits per heavy atom. The molecule has 130 valence electrons. The minimum Gasteiger partial charge on any atom is -0.459 e. The summed E-state index contributed by atoms with van der Waals surface area (Å²) in [5.74, 6) is 1.77. The molecule has 2 aromatic rings. The Labute approximate surface area is 144 Å². The first kappa shape index (κ1) is 16.8. The van der Waals surface area contributed by atoms with Gasteiger partial charge in [0.1, 0.15) is 11.3 Å². The molecule has 0 spiro atoms. The lowest BCUT2D eigenvalue weighted by molar-refractivity contribution is 0.167. The van der Waals surface area contributed by atoms with Crippen molar-refractivity contribution in [3.63, 3.8) is 0 Å². The largest absolute Gasteiger partial charge is 0.459 e. The van der Waals surface area contributed by atoms with Crippen molar-refractivity contribution in [2.24, 2.45) is 4.99 Å². The molecule has 5 heteroatoms. The van der Waals surface area contributed by atoms with Gasteiger partial charge in [-0.25, -0.2) is 0 Å². The van der Waals surface area contributed by atoms with E-state index in [0.29, 0.717) is 18.6 Å². The highest BCUT2D eigenvalue weighted by Gasteiger charge is 2.21. The van der Waals surface area contributed by atoms with Crippen LogP contribution in [0.2, 0.25) is 0 Å². The molecule has 0 radical (unpaired) electrons. The first-order valence-electron chi connectivity index (χ1n) is 8.84. The molecular formula is C19H28N4O. The van der Waals surface area contributed by atoms with Gasteiger partial charge < -0.3 is 20.0 Å². The minimum atomic E-state index is 0.488. The van der Waals surface area contributed by atoms with E-state index in [4.69, 9.17) is 4.42 Å². The summed E-state index contributed by atoms with van der Waals surface area (Å²) in [5.41, 5.74) is 0.929. The molecule has 3 rings (SSSR count). The summed E-state index contributed by atoms with van der Waals surface area (Å²) in [6, 6.07) is 11.3. The zero-order valence-electron chi connectivity index (χ0n) is 14.9. The predicted octanol–water partition coefficient (Wildman–Crippen LogP) is 2.97. The monoisotopic (exact) mass is 328 g/mol. The van der Waals surface area contributed by atoms with Crippen LogP contribution in [-0.4, -0.2) is 43.1 Å². The summed E-state index contributed by atoms with van der Waals surface area (Å²) >= 11 is 0. The predicted molar refractivity (Wildman–Crippen MR) is 99.3 cm³/mol. The number of piperidine rings is 1. The molecule has 0 bridgehead atoms. The molecule has 0 aliphatic carbocycles. The normalized spacial score (nSPS) is 17.6. The van der Waals surface area contributed by atoms with Crippen LogP contribution in [0.3, 0.4) is 0 Å². The summed E-state index contributed by atoms with van der Waals surface area (Å²) in [6.45, 7) is 7.47. The molecule has 1 aliphatic rings. The smallest absolute Gasteiger partial charge is 0.191 e. The summed E-state index contributed by atoms with van der Waals surface area (Å²) in [5, 5.41) is 8.04. The Morgan fingerprint density at radius 3 is 2.71 bits per heavy atom. The number of hydrogen-bond donors (Lipinski definition) is 2. The quantitative estimate of drug-likeness (QED) is 0.669. The van der Waals surface area contributed by atoms with E-state index in [0.717, 1.165) is 48.6 Å². The molecule has 2 N–H and O–H groups in total. The van der Waals surface area contributed by atoms with E-state index in [1.165, 1.54) is 0 Å². The van der Waals surface area contributed by atoms with Gasteiger partial charge in [0.25, 0.3) is 0 Å². The summed E-state index contributed by atoms with van der Waals surface area (Å²) in [7, 11) is 1.82. The Hall–Kier alpha value is -2.01. The third kappa shape index (κ3) is 4.09. The summed E-state index contributed by atoms with van der Waals surface area (Å²) in [6.07, 6.45) is 2.31. The van der Waals surface area contributed by atoms with Gasteiger partial charge in [-0.05, 0) is 38.8 Å². The second-order valence-corrected chi connectivity index (χ2v) is 6.72. The Bertz CT molecular complexity index is 650. The maximum atomic E-state index is 5.84. The van der Waals surface area contributed by atoms with Gasteiger partial charge in [-0.1, -0.05) is 18.2 Å². The number of likely N-dealkylation sites (tertiary alicyclic amines) is 1. The highest BCUT2D eigenvalue weighted by molar-refractivity contribution is 5.80. The van der Waals surface area contributed by atoms with E-state index in [-0.39, 0.29) is 0 Å². The number of furan rings is 1. The van der Waals surface area contributed by atoms with Crippen molar-refractivity contribution in [1.29, 1.82) is 0 Å². The topological polar surface area (TPSA) is 52.8 Å². The zero-order chi connectivity index (χ0) is 16.9. The number of guanidine groups is 1. The standard InChI is InChI=1S/C19H28N4O/c1-14(2)23-10-8-16(9-11-23)22-19(20-3)21-13-17-12-15-6-4-5-7-18(15)24-17/h4-7,12,14,16H,8-11,13H2,1-3H3,(H2,20,21,22). The summed E-state index contributed by atoms with van der Waals surface area (Å²) < 4.78 is 5.84. The number of hydrogen-bond acceptors (Lipinski definition) is 3. The van der Waals surface area contributed by atoms with E-state index < -0.39 is 0 Å². The molecule has 0 unspecified atom stereocenters. The number of benzene rings is 1. The molecule has 5 nitrogen and oxygen atoms in total. The molecule has 0 amide bonds. The number of nitrogens with zero attached hydrogens (tertiary/aromatic N) is 2. The van der Waals surface area contributed by atoms with Crippen molar-refractivity contribution >= 4 is 16.9 Å². The number of rotatable bonds is 4. The molecule has 0 saturated carbocycles. The van der Waals surface area contributed by atoms with Crippen LogP contribution in [0.5, 0.6) is 0 Å². The third-order valence-electron chi connectivity index (χ3n) is 4.73. The van der Waals surface area contributed by atoms with Gasteiger partial charge in [-0.3, -0.25) is 4.99 Å². The summed E-state index contributed by atoms with van der Waals surface area (Å²) in [4.78, 5) is 6.87. The van der Waals surface area contributed by atoms with Gasteiger partial charge in [0.15, 0.2) is 5.96 Å². The van der Waals surface area contributed by atoms with E-state index in [1.54, 1.807) is 0 Å². The zero-order valence-corrected chi connectivity index (χ0v) is 14.9. The van der Waals surface area contributed by atoms with Crippen molar-refractivity contribution in [2.75, 3.05) is 20.1 Å². The highest BCUT2D eigenvalue weighted by atomic mass is 16.3. The molecular weight excluding hydrogens is 300 g/mol.